The van der Waals surface area contributed by atoms with E-state index in [1.165, 1.54) is 21.3 Å². The van der Waals surface area contributed by atoms with Crippen LogP contribution in [0.1, 0.15) is 31.4 Å². The fourth-order valence-corrected chi connectivity index (χ4v) is 2.12. The number of methoxy groups -OCH3 is 3. The van der Waals surface area contributed by atoms with E-state index < -0.39 is 12.0 Å². The summed E-state index contributed by atoms with van der Waals surface area (Å²) in [5, 5.41) is 2.80. The molecular formula is C16H25ClN2O5. The molecule has 3 N–H and O–H groups in total. The van der Waals surface area contributed by atoms with Crippen LogP contribution >= 0.6 is 12.4 Å². The largest absolute Gasteiger partial charge is 0.493 e. The van der Waals surface area contributed by atoms with E-state index in [1.807, 2.05) is 0 Å². The van der Waals surface area contributed by atoms with E-state index in [0.717, 1.165) is 0 Å². The Kier molecular flexibility index (Phi) is 9.83. The highest BCUT2D eigenvalue weighted by molar-refractivity contribution is 5.85. The Hall–Kier alpha value is -1.99. The van der Waals surface area contributed by atoms with Crippen LogP contribution in [0, 0.1) is 0 Å². The lowest BCUT2D eigenvalue weighted by molar-refractivity contribution is -0.141. The summed E-state index contributed by atoms with van der Waals surface area (Å²) in [6, 6.07) is 4.41. The summed E-state index contributed by atoms with van der Waals surface area (Å²) in [5.41, 5.74) is 6.34. The van der Waals surface area contributed by atoms with Gasteiger partial charge in [0.15, 0.2) is 11.5 Å². The quantitative estimate of drug-likeness (QED) is 0.683. The zero-order chi connectivity index (χ0) is 17.4. The van der Waals surface area contributed by atoms with Crippen molar-refractivity contribution in [2.45, 2.75) is 31.8 Å². The molecule has 1 rings (SSSR count). The van der Waals surface area contributed by atoms with Gasteiger partial charge in [-0.3, -0.25) is 9.59 Å². The van der Waals surface area contributed by atoms with Gasteiger partial charge in [0.2, 0.25) is 5.91 Å². The summed E-state index contributed by atoms with van der Waals surface area (Å²) in [4.78, 5) is 23.6. The molecule has 0 aromatic heterocycles. The van der Waals surface area contributed by atoms with Crippen molar-refractivity contribution in [2.24, 2.45) is 5.73 Å². The standard InChI is InChI=1S/C16H24N2O5.ClH/c1-10(17)7-15(19)18-12(9-16(20)23-4)11-5-6-13(21-2)14(8-11)22-3;/h5-6,8,10,12H,7,9,17H2,1-4H3,(H,18,19);1H. The fourth-order valence-electron chi connectivity index (χ4n) is 2.12. The smallest absolute Gasteiger partial charge is 0.307 e. The predicted molar refractivity (Wildman–Crippen MR) is 92.6 cm³/mol. The lowest BCUT2D eigenvalue weighted by Gasteiger charge is -2.20. The molecule has 1 aromatic rings. The van der Waals surface area contributed by atoms with Crippen molar-refractivity contribution in [3.8, 4) is 11.5 Å². The van der Waals surface area contributed by atoms with Crippen LogP contribution in [0.4, 0.5) is 0 Å². The first-order valence-electron chi connectivity index (χ1n) is 7.25. The fraction of sp³-hybridized carbons (Fsp3) is 0.500. The molecule has 0 heterocycles. The summed E-state index contributed by atoms with van der Waals surface area (Å²) >= 11 is 0. The first-order chi connectivity index (χ1) is 10.9. The summed E-state index contributed by atoms with van der Waals surface area (Å²) in [7, 11) is 4.36. The van der Waals surface area contributed by atoms with Gasteiger partial charge in [-0.05, 0) is 24.6 Å². The van der Waals surface area contributed by atoms with Crippen LogP contribution in [0.25, 0.3) is 0 Å². The Labute approximate surface area is 148 Å². The van der Waals surface area contributed by atoms with Gasteiger partial charge >= 0.3 is 5.97 Å². The van der Waals surface area contributed by atoms with Crippen molar-refractivity contribution in [1.82, 2.24) is 5.32 Å². The van der Waals surface area contributed by atoms with Crippen LogP contribution in [0.15, 0.2) is 18.2 Å². The number of nitrogens with two attached hydrogens (primary N) is 1. The van der Waals surface area contributed by atoms with Gasteiger partial charge in [-0.15, -0.1) is 12.4 Å². The van der Waals surface area contributed by atoms with Crippen molar-refractivity contribution < 1.29 is 23.8 Å². The SMILES string of the molecule is COC(=O)CC(NC(=O)CC(C)N)c1ccc(OC)c(OC)c1.Cl. The molecule has 2 unspecified atom stereocenters. The minimum Gasteiger partial charge on any atom is -0.493 e. The number of ether oxygens (including phenoxy) is 3. The molecule has 1 amide bonds. The third kappa shape index (κ3) is 6.64. The van der Waals surface area contributed by atoms with E-state index in [4.69, 9.17) is 19.9 Å². The van der Waals surface area contributed by atoms with Gasteiger partial charge < -0.3 is 25.3 Å². The van der Waals surface area contributed by atoms with Crippen molar-refractivity contribution in [2.75, 3.05) is 21.3 Å². The van der Waals surface area contributed by atoms with Gasteiger partial charge in [0.05, 0.1) is 33.8 Å². The second kappa shape index (κ2) is 10.7. The van der Waals surface area contributed by atoms with Crippen molar-refractivity contribution >= 4 is 24.3 Å². The highest BCUT2D eigenvalue weighted by Crippen LogP contribution is 2.31. The topological polar surface area (TPSA) is 99.9 Å². The Morgan fingerprint density at radius 2 is 1.75 bits per heavy atom. The van der Waals surface area contributed by atoms with Gasteiger partial charge in [-0.25, -0.2) is 0 Å². The molecule has 0 spiro atoms. The maximum atomic E-state index is 12.0. The van der Waals surface area contributed by atoms with Crippen molar-refractivity contribution in [3.63, 3.8) is 0 Å². The van der Waals surface area contributed by atoms with Gasteiger partial charge in [-0.2, -0.15) is 0 Å². The maximum Gasteiger partial charge on any atom is 0.307 e. The molecule has 136 valence electrons. The van der Waals surface area contributed by atoms with Crippen LogP contribution in [0.3, 0.4) is 0 Å². The highest BCUT2D eigenvalue weighted by atomic mass is 35.5. The molecule has 2 atom stereocenters. The monoisotopic (exact) mass is 360 g/mol. The number of carbonyl (C=O) groups is 2. The number of carbonyl (C=O) groups excluding carboxylic acids is 2. The number of hydrogen-bond donors (Lipinski definition) is 2. The van der Waals surface area contributed by atoms with Gasteiger partial charge in [0, 0.05) is 12.5 Å². The maximum absolute atomic E-state index is 12.0. The normalized spacial score (nSPS) is 12.4. The molecule has 1 aromatic carbocycles. The summed E-state index contributed by atoms with van der Waals surface area (Å²) in [6.07, 6.45) is 0.182. The third-order valence-electron chi connectivity index (χ3n) is 3.25. The van der Waals surface area contributed by atoms with Crippen molar-refractivity contribution in [1.29, 1.82) is 0 Å². The predicted octanol–water partition coefficient (Wildman–Crippen LogP) is 1.58. The molecule has 0 fully saturated rings. The number of amides is 1. The molecule has 8 heteroatoms. The molecule has 0 aliphatic carbocycles. The number of halogens is 1. The number of esters is 1. The van der Waals surface area contributed by atoms with E-state index in [9.17, 15) is 9.59 Å². The Balaban J connectivity index is 0.00000529. The Morgan fingerprint density at radius 3 is 2.25 bits per heavy atom. The minimum absolute atomic E-state index is 0. The average Bonchev–Trinajstić information content (AvgIpc) is 2.52. The summed E-state index contributed by atoms with van der Waals surface area (Å²) in [6.45, 7) is 1.74. The molecular weight excluding hydrogens is 336 g/mol. The van der Waals surface area contributed by atoms with Crippen molar-refractivity contribution in [3.05, 3.63) is 23.8 Å². The Morgan fingerprint density at radius 1 is 1.12 bits per heavy atom. The number of benzene rings is 1. The molecule has 0 saturated carbocycles. The molecule has 0 radical (unpaired) electrons. The highest BCUT2D eigenvalue weighted by Gasteiger charge is 2.21. The van der Waals surface area contributed by atoms with Crippen LogP contribution in [0.2, 0.25) is 0 Å². The molecule has 0 saturated heterocycles. The molecule has 0 aliphatic heterocycles. The van der Waals surface area contributed by atoms with E-state index in [-0.39, 0.29) is 37.2 Å². The second-order valence-electron chi connectivity index (χ2n) is 5.20. The lowest BCUT2D eigenvalue weighted by atomic mass is 10.0. The number of nitrogens with one attached hydrogen (secondary N) is 1. The Bertz CT molecular complexity index is 551. The summed E-state index contributed by atoms with van der Waals surface area (Å²) in [5.74, 6) is 0.422. The summed E-state index contributed by atoms with van der Waals surface area (Å²) < 4.78 is 15.1. The first kappa shape index (κ1) is 22.0. The number of rotatable bonds is 8. The van der Waals surface area contributed by atoms with Crippen LogP contribution in [-0.4, -0.2) is 39.2 Å². The first-order valence-corrected chi connectivity index (χ1v) is 7.25. The van der Waals surface area contributed by atoms with Crippen LogP contribution in [0.5, 0.6) is 11.5 Å². The van der Waals surface area contributed by atoms with E-state index in [2.05, 4.69) is 5.32 Å². The zero-order valence-corrected chi connectivity index (χ0v) is 15.1. The van der Waals surface area contributed by atoms with Gasteiger partial charge in [0.1, 0.15) is 0 Å². The van der Waals surface area contributed by atoms with E-state index >= 15 is 0 Å². The number of hydrogen-bond acceptors (Lipinski definition) is 6. The van der Waals surface area contributed by atoms with Gasteiger partial charge in [-0.1, -0.05) is 6.07 Å². The molecule has 24 heavy (non-hydrogen) atoms. The zero-order valence-electron chi connectivity index (χ0n) is 14.3. The van der Waals surface area contributed by atoms with Crippen LogP contribution in [-0.2, 0) is 14.3 Å². The molecule has 0 aliphatic rings. The average molecular weight is 361 g/mol. The molecule has 7 nitrogen and oxygen atoms in total. The molecule has 0 bridgehead atoms. The second-order valence-corrected chi connectivity index (χ2v) is 5.20. The minimum atomic E-state index is -0.534. The van der Waals surface area contributed by atoms with E-state index in [0.29, 0.717) is 17.1 Å². The third-order valence-corrected chi connectivity index (χ3v) is 3.25. The van der Waals surface area contributed by atoms with E-state index in [1.54, 1.807) is 25.1 Å². The van der Waals surface area contributed by atoms with Crippen LogP contribution < -0.4 is 20.5 Å². The van der Waals surface area contributed by atoms with Gasteiger partial charge in [0.25, 0.3) is 0 Å². The lowest BCUT2D eigenvalue weighted by Crippen LogP contribution is -2.34.